The summed E-state index contributed by atoms with van der Waals surface area (Å²) in [5.74, 6) is 0.445. The van der Waals surface area contributed by atoms with Crippen LogP contribution in [0, 0.1) is 0 Å². The Morgan fingerprint density at radius 1 is 1.35 bits per heavy atom. The van der Waals surface area contributed by atoms with Gasteiger partial charge < -0.3 is 5.32 Å². The Morgan fingerprint density at radius 3 is 2.71 bits per heavy atom. The zero-order valence-electron chi connectivity index (χ0n) is 8.57. The molecule has 1 saturated heterocycles. The van der Waals surface area contributed by atoms with E-state index in [1.807, 2.05) is 0 Å². The van der Waals surface area contributed by atoms with Crippen molar-refractivity contribution in [1.82, 2.24) is 4.31 Å². The molecule has 1 fully saturated rings. The highest BCUT2D eigenvalue weighted by Gasteiger charge is 2.27. The van der Waals surface area contributed by atoms with Crippen LogP contribution in [0.5, 0.6) is 0 Å². The summed E-state index contributed by atoms with van der Waals surface area (Å²) in [5.41, 5.74) is 0.504. The van der Waals surface area contributed by atoms with E-state index in [-0.39, 0.29) is 5.91 Å². The zero-order chi connectivity index (χ0) is 12.4. The molecule has 1 aliphatic rings. The van der Waals surface area contributed by atoms with Crippen LogP contribution >= 0.6 is 35.1 Å². The summed E-state index contributed by atoms with van der Waals surface area (Å²) in [4.78, 5) is 23.0. The summed E-state index contributed by atoms with van der Waals surface area (Å²) in [7, 11) is 0. The van der Waals surface area contributed by atoms with Crippen LogP contribution < -0.4 is 5.32 Å². The van der Waals surface area contributed by atoms with Crippen molar-refractivity contribution in [2.24, 2.45) is 0 Å². The standard InChI is InChI=1S/C10H8Cl2N2O2S/c11-7-2-1-6(5-8(7)12)13-10(16)14-9(15)3-4-17-14/h1-2,5H,3-4H2,(H,13,16). The SMILES string of the molecule is O=C1CCSN1C(=O)Nc1ccc(Cl)c(Cl)c1. The Bertz CT molecular complexity index is 481. The maximum absolute atomic E-state index is 11.7. The van der Waals surface area contributed by atoms with E-state index >= 15 is 0 Å². The minimum Gasteiger partial charge on any atom is -0.307 e. The summed E-state index contributed by atoms with van der Waals surface area (Å²) in [6.07, 6.45) is 0.388. The number of hydrogen-bond acceptors (Lipinski definition) is 3. The molecule has 0 aliphatic carbocycles. The molecule has 4 nitrogen and oxygen atoms in total. The number of carbonyl (C=O) groups excluding carboxylic acids is 2. The molecule has 1 aromatic carbocycles. The second-order valence-electron chi connectivity index (χ2n) is 3.33. The Kier molecular flexibility index (Phi) is 3.81. The molecule has 90 valence electrons. The predicted octanol–water partition coefficient (Wildman–Crippen LogP) is 3.41. The third-order valence-corrected chi connectivity index (χ3v) is 3.87. The van der Waals surface area contributed by atoms with E-state index in [1.54, 1.807) is 12.1 Å². The first-order valence-electron chi connectivity index (χ1n) is 4.80. The summed E-state index contributed by atoms with van der Waals surface area (Å²) in [6.45, 7) is 0. The van der Waals surface area contributed by atoms with E-state index in [4.69, 9.17) is 23.2 Å². The van der Waals surface area contributed by atoms with Crippen LogP contribution in [0.3, 0.4) is 0 Å². The van der Waals surface area contributed by atoms with Crippen molar-refractivity contribution in [1.29, 1.82) is 0 Å². The maximum Gasteiger partial charge on any atom is 0.338 e. The first-order chi connectivity index (χ1) is 8.08. The van der Waals surface area contributed by atoms with Crippen LogP contribution in [-0.4, -0.2) is 22.0 Å². The topological polar surface area (TPSA) is 49.4 Å². The van der Waals surface area contributed by atoms with Gasteiger partial charge >= 0.3 is 6.03 Å². The van der Waals surface area contributed by atoms with E-state index in [0.717, 1.165) is 4.31 Å². The molecule has 3 amide bonds. The van der Waals surface area contributed by atoms with Gasteiger partial charge in [0, 0.05) is 17.9 Å². The fourth-order valence-corrected chi connectivity index (χ4v) is 2.46. The normalized spacial score (nSPS) is 15.2. The third-order valence-electron chi connectivity index (χ3n) is 2.12. The summed E-state index contributed by atoms with van der Waals surface area (Å²) in [6, 6.07) is 4.28. The van der Waals surface area contributed by atoms with E-state index < -0.39 is 6.03 Å². The van der Waals surface area contributed by atoms with E-state index in [1.165, 1.54) is 18.0 Å². The number of urea groups is 1. The molecule has 1 N–H and O–H groups in total. The van der Waals surface area contributed by atoms with Crippen LogP contribution in [-0.2, 0) is 4.79 Å². The molecule has 0 atom stereocenters. The van der Waals surface area contributed by atoms with Gasteiger partial charge in [0.25, 0.3) is 0 Å². The fraction of sp³-hybridized carbons (Fsp3) is 0.200. The number of halogens is 2. The summed E-state index contributed by atoms with van der Waals surface area (Å²) >= 11 is 12.8. The van der Waals surface area contributed by atoms with Crippen LogP contribution in [0.25, 0.3) is 0 Å². The maximum atomic E-state index is 11.7. The number of nitrogens with one attached hydrogen (secondary N) is 1. The van der Waals surface area contributed by atoms with Crippen molar-refractivity contribution in [2.75, 3.05) is 11.1 Å². The molecule has 0 saturated carbocycles. The molecule has 1 aliphatic heterocycles. The van der Waals surface area contributed by atoms with Gasteiger partial charge in [0.05, 0.1) is 10.0 Å². The van der Waals surface area contributed by atoms with E-state index in [0.29, 0.717) is 27.9 Å². The van der Waals surface area contributed by atoms with Crippen LogP contribution in [0.2, 0.25) is 10.0 Å². The average Bonchev–Trinajstić information content (AvgIpc) is 2.70. The molecule has 1 aromatic rings. The van der Waals surface area contributed by atoms with Gasteiger partial charge in [0.15, 0.2) is 0 Å². The molecule has 17 heavy (non-hydrogen) atoms. The van der Waals surface area contributed by atoms with Gasteiger partial charge in [0.1, 0.15) is 0 Å². The van der Waals surface area contributed by atoms with Gasteiger partial charge in [-0.1, -0.05) is 23.2 Å². The first-order valence-corrected chi connectivity index (χ1v) is 6.49. The number of imide groups is 1. The Hall–Kier alpha value is -0.910. The number of anilines is 1. The molecule has 2 rings (SSSR count). The molecule has 0 unspecified atom stereocenters. The predicted molar refractivity (Wildman–Crippen MR) is 69.4 cm³/mol. The van der Waals surface area contributed by atoms with Crippen molar-refractivity contribution in [3.8, 4) is 0 Å². The number of rotatable bonds is 1. The molecule has 0 spiro atoms. The highest BCUT2D eigenvalue weighted by atomic mass is 35.5. The molecule has 0 radical (unpaired) electrons. The second kappa shape index (κ2) is 5.16. The van der Waals surface area contributed by atoms with Gasteiger partial charge in [-0.25, -0.2) is 9.10 Å². The monoisotopic (exact) mass is 290 g/mol. The van der Waals surface area contributed by atoms with Crippen molar-refractivity contribution < 1.29 is 9.59 Å². The quantitative estimate of drug-likeness (QED) is 0.807. The molecule has 0 bridgehead atoms. The molecule has 7 heteroatoms. The van der Waals surface area contributed by atoms with Gasteiger partial charge in [-0.3, -0.25) is 4.79 Å². The lowest BCUT2D eigenvalue weighted by molar-refractivity contribution is -0.122. The van der Waals surface area contributed by atoms with Crippen LogP contribution in [0.4, 0.5) is 10.5 Å². The molecule has 1 heterocycles. The lowest BCUT2D eigenvalue weighted by Crippen LogP contribution is -2.30. The lowest BCUT2D eigenvalue weighted by atomic mass is 10.3. The minimum absolute atomic E-state index is 0.187. The highest BCUT2D eigenvalue weighted by Crippen LogP contribution is 2.27. The van der Waals surface area contributed by atoms with Gasteiger partial charge in [-0.15, -0.1) is 0 Å². The lowest BCUT2D eigenvalue weighted by Gasteiger charge is -2.13. The Balaban J connectivity index is 2.07. The van der Waals surface area contributed by atoms with Crippen molar-refractivity contribution in [3.05, 3.63) is 28.2 Å². The summed E-state index contributed by atoms with van der Waals surface area (Å²) < 4.78 is 1.11. The van der Waals surface area contributed by atoms with E-state index in [9.17, 15) is 9.59 Å². The number of hydrogen-bond donors (Lipinski definition) is 1. The van der Waals surface area contributed by atoms with Crippen LogP contribution in [0.15, 0.2) is 18.2 Å². The zero-order valence-corrected chi connectivity index (χ0v) is 10.9. The van der Waals surface area contributed by atoms with Crippen molar-refractivity contribution in [3.63, 3.8) is 0 Å². The summed E-state index contributed by atoms with van der Waals surface area (Å²) in [5, 5.41) is 3.35. The van der Waals surface area contributed by atoms with E-state index in [2.05, 4.69) is 5.32 Å². The van der Waals surface area contributed by atoms with Gasteiger partial charge in [0.2, 0.25) is 5.91 Å². The molecular formula is C10H8Cl2N2O2S. The number of benzene rings is 1. The minimum atomic E-state index is -0.462. The number of nitrogens with zero attached hydrogens (tertiary/aromatic N) is 1. The van der Waals surface area contributed by atoms with Gasteiger partial charge in [-0.05, 0) is 30.1 Å². The van der Waals surface area contributed by atoms with Crippen LogP contribution in [0.1, 0.15) is 6.42 Å². The Labute approximate surface area is 112 Å². The van der Waals surface area contributed by atoms with Crippen molar-refractivity contribution in [2.45, 2.75) is 6.42 Å². The van der Waals surface area contributed by atoms with Crippen molar-refractivity contribution >= 4 is 52.8 Å². The Morgan fingerprint density at radius 2 is 2.12 bits per heavy atom. The first kappa shape index (κ1) is 12.5. The number of carbonyl (C=O) groups is 2. The highest BCUT2D eigenvalue weighted by molar-refractivity contribution is 7.98. The average molecular weight is 291 g/mol. The largest absolute Gasteiger partial charge is 0.338 e. The molecular weight excluding hydrogens is 283 g/mol. The van der Waals surface area contributed by atoms with Gasteiger partial charge in [-0.2, -0.15) is 0 Å². The molecule has 0 aromatic heterocycles. The fourth-order valence-electron chi connectivity index (χ4n) is 1.32. The second-order valence-corrected chi connectivity index (χ2v) is 5.18. The smallest absolute Gasteiger partial charge is 0.307 e. The number of amides is 3. The third kappa shape index (κ3) is 2.86.